The van der Waals surface area contributed by atoms with E-state index in [0.717, 1.165) is 11.3 Å². The third-order valence-electron chi connectivity index (χ3n) is 3.29. The summed E-state index contributed by atoms with van der Waals surface area (Å²) in [4.78, 5) is 16.9. The summed E-state index contributed by atoms with van der Waals surface area (Å²) in [6.07, 6.45) is 0. The second-order valence-electron chi connectivity index (χ2n) is 4.88. The van der Waals surface area contributed by atoms with Crippen molar-refractivity contribution in [3.63, 3.8) is 0 Å². The number of halogens is 2. The number of hydrogen-bond acceptors (Lipinski definition) is 4. The monoisotopic (exact) mass is 410 g/mol. The molecule has 23 heavy (non-hydrogen) atoms. The molecule has 0 saturated carbocycles. The molecule has 0 unspecified atom stereocenters. The van der Waals surface area contributed by atoms with Crippen LogP contribution in [0.3, 0.4) is 0 Å². The number of rotatable bonds is 3. The fourth-order valence-electron chi connectivity index (χ4n) is 2.20. The number of aryl methyl sites for hydroxylation is 2. The first-order valence-corrected chi connectivity index (χ1v) is 8.79. The highest BCUT2D eigenvalue weighted by Crippen LogP contribution is 2.32. The molecule has 3 aromatic rings. The number of carbonyl (C=O) groups excluding carboxylic acids is 1. The molecule has 2 aromatic heterocycles. The summed E-state index contributed by atoms with van der Waals surface area (Å²) in [5, 5.41) is 5.79. The number of nitrogens with zero attached hydrogens (tertiary/aromatic N) is 1. The third kappa shape index (κ3) is 3.20. The van der Waals surface area contributed by atoms with Crippen LogP contribution in [0.4, 0.5) is 5.13 Å². The SMILES string of the molecule is Cc1oc(C)c(C(=O)Nc2nc(-c3ccccc3Cl)cs2)c1Br. The summed E-state index contributed by atoms with van der Waals surface area (Å²) < 4.78 is 6.11. The van der Waals surface area contributed by atoms with Crippen LogP contribution in [0.15, 0.2) is 38.5 Å². The van der Waals surface area contributed by atoms with Gasteiger partial charge in [-0.3, -0.25) is 10.1 Å². The number of amides is 1. The number of anilines is 1. The number of hydrogen-bond donors (Lipinski definition) is 1. The molecule has 118 valence electrons. The van der Waals surface area contributed by atoms with Gasteiger partial charge in [0.05, 0.1) is 15.7 Å². The zero-order valence-electron chi connectivity index (χ0n) is 12.3. The van der Waals surface area contributed by atoms with Crippen molar-refractivity contribution in [1.29, 1.82) is 0 Å². The van der Waals surface area contributed by atoms with Crippen LogP contribution >= 0.6 is 38.9 Å². The van der Waals surface area contributed by atoms with Crippen LogP contribution < -0.4 is 5.32 Å². The molecule has 1 N–H and O–H groups in total. The minimum atomic E-state index is -0.258. The number of carbonyl (C=O) groups is 1. The standard InChI is InChI=1S/C16H12BrClN2O2S/c1-8-13(14(17)9(2)22-8)15(21)20-16-19-12(7-23-16)10-5-3-4-6-11(10)18/h3-7H,1-2H3,(H,19,20,21). The maximum atomic E-state index is 12.4. The van der Waals surface area contributed by atoms with Crippen LogP contribution in [0.2, 0.25) is 5.02 Å². The lowest BCUT2D eigenvalue weighted by Gasteiger charge is -2.01. The molecule has 0 fully saturated rings. The maximum absolute atomic E-state index is 12.4. The van der Waals surface area contributed by atoms with Crippen molar-refractivity contribution in [3.05, 3.63) is 56.2 Å². The highest BCUT2D eigenvalue weighted by atomic mass is 79.9. The minimum Gasteiger partial charge on any atom is -0.465 e. The van der Waals surface area contributed by atoms with E-state index in [2.05, 4.69) is 26.2 Å². The Morgan fingerprint density at radius 1 is 1.30 bits per heavy atom. The van der Waals surface area contributed by atoms with Crippen molar-refractivity contribution < 1.29 is 9.21 Å². The van der Waals surface area contributed by atoms with Gasteiger partial charge in [-0.1, -0.05) is 29.8 Å². The highest BCUT2D eigenvalue weighted by molar-refractivity contribution is 9.10. The first kappa shape index (κ1) is 16.2. The zero-order valence-corrected chi connectivity index (χ0v) is 15.5. The lowest BCUT2D eigenvalue weighted by atomic mass is 10.2. The largest absolute Gasteiger partial charge is 0.465 e. The number of benzene rings is 1. The van der Waals surface area contributed by atoms with Crippen molar-refractivity contribution in [2.24, 2.45) is 0 Å². The van der Waals surface area contributed by atoms with Gasteiger partial charge in [0, 0.05) is 16.0 Å². The summed E-state index contributed by atoms with van der Waals surface area (Å²) in [7, 11) is 0. The Morgan fingerprint density at radius 2 is 2.04 bits per heavy atom. The molecule has 4 nitrogen and oxygen atoms in total. The van der Waals surface area contributed by atoms with E-state index >= 15 is 0 Å². The average molecular weight is 412 g/mol. The molecule has 0 aliphatic heterocycles. The third-order valence-corrected chi connectivity index (χ3v) is 5.33. The lowest BCUT2D eigenvalue weighted by molar-refractivity contribution is 0.102. The molecule has 0 spiro atoms. The molecule has 0 saturated heterocycles. The van der Waals surface area contributed by atoms with Crippen molar-refractivity contribution in [2.45, 2.75) is 13.8 Å². The molecule has 0 aliphatic rings. The summed E-state index contributed by atoms with van der Waals surface area (Å²) in [6.45, 7) is 3.55. The average Bonchev–Trinajstić information content (AvgIpc) is 3.05. The van der Waals surface area contributed by atoms with Crippen LogP contribution in [0.5, 0.6) is 0 Å². The van der Waals surface area contributed by atoms with Crippen molar-refractivity contribution in [1.82, 2.24) is 4.98 Å². The predicted molar refractivity (Wildman–Crippen MR) is 96.4 cm³/mol. The van der Waals surface area contributed by atoms with Crippen molar-refractivity contribution >= 4 is 49.9 Å². The lowest BCUT2D eigenvalue weighted by Crippen LogP contribution is -2.12. The minimum absolute atomic E-state index is 0.258. The van der Waals surface area contributed by atoms with Gasteiger partial charge in [0.25, 0.3) is 5.91 Å². The summed E-state index contributed by atoms with van der Waals surface area (Å²) >= 11 is 10.9. The van der Waals surface area contributed by atoms with Gasteiger partial charge in [0.15, 0.2) is 5.13 Å². The summed E-state index contributed by atoms with van der Waals surface area (Å²) in [6, 6.07) is 7.46. The zero-order chi connectivity index (χ0) is 16.6. The fourth-order valence-corrected chi connectivity index (χ4v) is 3.68. The van der Waals surface area contributed by atoms with Crippen molar-refractivity contribution in [2.75, 3.05) is 5.32 Å². The Labute approximate surface area is 150 Å². The first-order chi connectivity index (χ1) is 11.0. The van der Waals surface area contributed by atoms with Gasteiger partial charge < -0.3 is 4.42 Å². The molecule has 0 atom stereocenters. The maximum Gasteiger partial charge on any atom is 0.262 e. The van der Waals surface area contributed by atoms with Gasteiger partial charge in [0.2, 0.25) is 0 Å². The Balaban J connectivity index is 1.85. The molecule has 0 radical (unpaired) electrons. The second-order valence-corrected chi connectivity index (χ2v) is 6.93. The summed E-state index contributed by atoms with van der Waals surface area (Å²) in [5.41, 5.74) is 2.05. The smallest absolute Gasteiger partial charge is 0.262 e. The number of furan rings is 1. The van der Waals surface area contributed by atoms with E-state index in [4.69, 9.17) is 16.0 Å². The molecule has 1 amide bonds. The van der Waals surface area contributed by atoms with E-state index < -0.39 is 0 Å². The Morgan fingerprint density at radius 3 is 2.70 bits per heavy atom. The summed E-state index contributed by atoms with van der Waals surface area (Å²) in [5.74, 6) is 0.976. The van der Waals surface area contributed by atoms with Crippen LogP contribution in [-0.2, 0) is 0 Å². The quantitative estimate of drug-likeness (QED) is 0.602. The molecule has 2 heterocycles. The molecular formula is C16H12BrClN2O2S. The fraction of sp³-hybridized carbons (Fsp3) is 0.125. The van der Waals surface area contributed by atoms with Crippen LogP contribution in [0.25, 0.3) is 11.3 Å². The van der Waals surface area contributed by atoms with Crippen LogP contribution in [0, 0.1) is 13.8 Å². The Hall–Kier alpha value is -1.63. The number of aromatic nitrogens is 1. The molecule has 0 bridgehead atoms. The van der Waals surface area contributed by atoms with E-state index in [9.17, 15) is 4.79 Å². The van der Waals surface area contributed by atoms with Crippen molar-refractivity contribution in [3.8, 4) is 11.3 Å². The Bertz CT molecular complexity index is 888. The molecule has 1 aromatic carbocycles. The van der Waals surface area contributed by atoms with Crippen LogP contribution in [0.1, 0.15) is 21.9 Å². The number of nitrogens with one attached hydrogen (secondary N) is 1. The van der Waals surface area contributed by atoms with Gasteiger partial charge in [-0.05, 0) is 35.8 Å². The molecule has 0 aliphatic carbocycles. The number of thiazole rings is 1. The van der Waals surface area contributed by atoms with Crippen LogP contribution in [-0.4, -0.2) is 10.9 Å². The van der Waals surface area contributed by atoms with E-state index in [1.165, 1.54) is 11.3 Å². The van der Waals surface area contributed by atoms with Gasteiger partial charge in [-0.25, -0.2) is 4.98 Å². The van der Waals surface area contributed by atoms with E-state index in [0.29, 0.717) is 31.7 Å². The highest BCUT2D eigenvalue weighted by Gasteiger charge is 2.21. The normalized spacial score (nSPS) is 10.8. The van der Waals surface area contributed by atoms with E-state index in [1.807, 2.05) is 29.6 Å². The van der Waals surface area contributed by atoms with Gasteiger partial charge in [0.1, 0.15) is 11.5 Å². The van der Waals surface area contributed by atoms with E-state index in [1.54, 1.807) is 13.8 Å². The predicted octanol–water partition coefficient (Wildman–Crippen LogP) is 5.69. The van der Waals surface area contributed by atoms with Gasteiger partial charge in [-0.15, -0.1) is 11.3 Å². The van der Waals surface area contributed by atoms with Gasteiger partial charge in [-0.2, -0.15) is 0 Å². The molecule has 7 heteroatoms. The second kappa shape index (κ2) is 6.47. The molecular weight excluding hydrogens is 400 g/mol. The topological polar surface area (TPSA) is 55.1 Å². The Kier molecular flexibility index (Phi) is 4.57. The van der Waals surface area contributed by atoms with Gasteiger partial charge >= 0.3 is 0 Å². The van der Waals surface area contributed by atoms with E-state index in [-0.39, 0.29) is 5.91 Å². The molecule has 3 rings (SSSR count). The first-order valence-electron chi connectivity index (χ1n) is 6.74.